The molecule has 1 N–H and O–H groups in total. The van der Waals surface area contributed by atoms with E-state index < -0.39 is 0 Å². The second kappa shape index (κ2) is 4.03. The van der Waals surface area contributed by atoms with Crippen LogP contribution in [0.4, 0.5) is 0 Å². The minimum Gasteiger partial charge on any atom is -0.487 e. The molecule has 0 aliphatic carbocycles. The molecule has 0 saturated carbocycles. The van der Waals surface area contributed by atoms with Gasteiger partial charge in [0.2, 0.25) is 0 Å². The third-order valence-corrected chi connectivity index (χ3v) is 3.19. The van der Waals surface area contributed by atoms with Crippen molar-refractivity contribution in [1.29, 1.82) is 0 Å². The van der Waals surface area contributed by atoms with Gasteiger partial charge in [0.05, 0.1) is 11.1 Å². The van der Waals surface area contributed by atoms with Gasteiger partial charge in [-0.05, 0) is 32.0 Å². The van der Waals surface area contributed by atoms with E-state index in [9.17, 15) is 0 Å². The molecule has 1 aromatic rings. The van der Waals surface area contributed by atoms with E-state index in [1.165, 1.54) is 11.1 Å². The summed E-state index contributed by atoms with van der Waals surface area (Å²) >= 11 is 6.17. The third-order valence-electron chi connectivity index (χ3n) is 2.91. The Morgan fingerprint density at radius 2 is 2.20 bits per heavy atom. The van der Waals surface area contributed by atoms with Gasteiger partial charge in [-0.1, -0.05) is 24.6 Å². The SMILES string of the molecule is CCC1Oc2c(Cl)cc(C)cc2C1NC. The molecule has 1 aliphatic rings. The smallest absolute Gasteiger partial charge is 0.143 e. The van der Waals surface area contributed by atoms with Crippen molar-refractivity contribution in [2.45, 2.75) is 32.4 Å². The maximum Gasteiger partial charge on any atom is 0.143 e. The monoisotopic (exact) mass is 225 g/mol. The number of benzene rings is 1. The van der Waals surface area contributed by atoms with E-state index >= 15 is 0 Å². The summed E-state index contributed by atoms with van der Waals surface area (Å²) in [7, 11) is 1.96. The summed E-state index contributed by atoms with van der Waals surface area (Å²) in [4.78, 5) is 0. The van der Waals surface area contributed by atoms with E-state index in [0.29, 0.717) is 0 Å². The lowest BCUT2D eigenvalue weighted by atomic mass is 10.0. The van der Waals surface area contributed by atoms with Crippen LogP contribution in [0.2, 0.25) is 5.02 Å². The Balaban J connectivity index is 2.47. The van der Waals surface area contributed by atoms with E-state index in [1.54, 1.807) is 0 Å². The van der Waals surface area contributed by atoms with Gasteiger partial charge in [-0.3, -0.25) is 0 Å². The van der Waals surface area contributed by atoms with E-state index in [1.807, 2.05) is 13.1 Å². The molecule has 1 heterocycles. The Morgan fingerprint density at radius 1 is 1.47 bits per heavy atom. The van der Waals surface area contributed by atoms with Gasteiger partial charge in [0.1, 0.15) is 11.9 Å². The van der Waals surface area contributed by atoms with Crippen molar-refractivity contribution in [2.24, 2.45) is 0 Å². The standard InChI is InChI=1S/C12H16ClNO/c1-4-10-11(14-3)8-5-7(2)6-9(13)12(8)15-10/h5-6,10-11,14H,4H2,1-3H3. The molecule has 0 saturated heterocycles. The zero-order valence-corrected chi connectivity index (χ0v) is 10.1. The normalized spacial score (nSPS) is 23.7. The molecule has 0 spiro atoms. The highest BCUT2D eigenvalue weighted by molar-refractivity contribution is 6.32. The number of nitrogens with one attached hydrogen (secondary N) is 1. The van der Waals surface area contributed by atoms with Crippen molar-refractivity contribution in [1.82, 2.24) is 5.32 Å². The summed E-state index contributed by atoms with van der Waals surface area (Å²) < 4.78 is 5.85. The number of rotatable bonds is 2. The fourth-order valence-corrected chi connectivity index (χ4v) is 2.52. The topological polar surface area (TPSA) is 21.3 Å². The maximum atomic E-state index is 6.17. The lowest BCUT2D eigenvalue weighted by Crippen LogP contribution is -2.27. The second-order valence-corrected chi connectivity index (χ2v) is 4.40. The van der Waals surface area contributed by atoms with Crippen LogP contribution < -0.4 is 10.1 Å². The van der Waals surface area contributed by atoms with Crippen LogP contribution in [0.3, 0.4) is 0 Å². The number of likely N-dealkylation sites (N-methyl/N-ethyl adjacent to an activating group) is 1. The molecule has 0 radical (unpaired) electrons. The lowest BCUT2D eigenvalue weighted by molar-refractivity contribution is 0.189. The first kappa shape index (κ1) is 10.8. The average molecular weight is 226 g/mol. The van der Waals surface area contributed by atoms with Crippen molar-refractivity contribution in [3.8, 4) is 5.75 Å². The molecule has 3 heteroatoms. The van der Waals surface area contributed by atoms with Gasteiger partial charge in [0.15, 0.2) is 0 Å². The summed E-state index contributed by atoms with van der Waals surface area (Å²) in [6.07, 6.45) is 1.18. The molecular weight excluding hydrogens is 210 g/mol. The Hall–Kier alpha value is -0.730. The average Bonchev–Trinajstić information content (AvgIpc) is 2.55. The Kier molecular flexibility index (Phi) is 2.89. The molecule has 2 unspecified atom stereocenters. The van der Waals surface area contributed by atoms with Crippen LogP contribution in [-0.4, -0.2) is 13.2 Å². The van der Waals surface area contributed by atoms with Crippen molar-refractivity contribution in [3.05, 3.63) is 28.3 Å². The molecule has 0 fully saturated rings. The molecular formula is C12H16ClNO. The summed E-state index contributed by atoms with van der Waals surface area (Å²) in [6.45, 7) is 4.18. The molecule has 1 aromatic carbocycles. The molecule has 2 atom stereocenters. The summed E-state index contributed by atoms with van der Waals surface area (Å²) in [5, 5.41) is 4.02. The highest BCUT2D eigenvalue weighted by atomic mass is 35.5. The summed E-state index contributed by atoms with van der Waals surface area (Å²) in [5.74, 6) is 0.855. The van der Waals surface area contributed by atoms with Crippen molar-refractivity contribution >= 4 is 11.6 Å². The van der Waals surface area contributed by atoms with Crippen LogP contribution >= 0.6 is 11.6 Å². The molecule has 0 amide bonds. The van der Waals surface area contributed by atoms with Gasteiger partial charge in [0, 0.05) is 5.56 Å². The first-order valence-electron chi connectivity index (χ1n) is 5.31. The molecule has 15 heavy (non-hydrogen) atoms. The van der Waals surface area contributed by atoms with Gasteiger partial charge in [0.25, 0.3) is 0 Å². The Labute approximate surface area is 95.6 Å². The van der Waals surface area contributed by atoms with Gasteiger partial charge in [-0.2, -0.15) is 0 Å². The second-order valence-electron chi connectivity index (χ2n) is 4.00. The van der Waals surface area contributed by atoms with Crippen LogP contribution in [0, 0.1) is 6.92 Å². The lowest BCUT2D eigenvalue weighted by Gasteiger charge is -2.16. The number of hydrogen-bond donors (Lipinski definition) is 1. The van der Waals surface area contributed by atoms with Crippen LogP contribution in [0.5, 0.6) is 5.75 Å². The maximum absolute atomic E-state index is 6.17. The number of halogens is 1. The minimum absolute atomic E-state index is 0.198. The quantitative estimate of drug-likeness (QED) is 0.835. The summed E-state index contributed by atoms with van der Waals surface area (Å²) in [5.41, 5.74) is 2.37. The largest absolute Gasteiger partial charge is 0.487 e. The molecule has 1 aliphatic heterocycles. The van der Waals surface area contributed by atoms with Gasteiger partial charge < -0.3 is 10.1 Å². The van der Waals surface area contributed by atoms with Crippen LogP contribution in [-0.2, 0) is 0 Å². The van der Waals surface area contributed by atoms with Crippen LogP contribution in [0.25, 0.3) is 0 Å². The van der Waals surface area contributed by atoms with Crippen molar-refractivity contribution in [3.63, 3.8) is 0 Å². The number of aryl methyl sites for hydroxylation is 1. The third kappa shape index (κ3) is 1.72. The fraction of sp³-hybridized carbons (Fsp3) is 0.500. The predicted octanol–water partition coefficient (Wildman–Crippen LogP) is 3.08. The Morgan fingerprint density at radius 3 is 2.80 bits per heavy atom. The Bertz CT molecular complexity index is 378. The van der Waals surface area contributed by atoms with Gasteiger partial charge >= 0.3 is 0 Å². The summed E-state index contributed by atoms with van der Waals surface area (Å²) in [6, 6.07) is 4.37. The number of hydrogen-bond acceptors (Lipinski definition) is 2. The minimum atomic E-state index is 0.198. The first-order valence-corrected chi connectivity index (χ1v) is 5.69. The number of ether oxygens (including phenoxy) is 1. The van der Waals surface area contributed by atoms with Crippen molar-refractivity contribution < 1.29 is 4.74 Å². The van der Waals surface area contributed by atoms with Crippen molar-refractivity contribution in [2.75, 3.05) is 7.05 Å². The van der Waals surface area contributed by atoms with E-state index in [0.717, 1.165) is 17.2 Å². The molecule has 0 bridgehead atoms. The molecule has 82 valence electrons. The predicted molar refractivity (Wildman–Crippen MR) is 62.7 cm³/mol. The van der Waals surface area contributed by atoms with E-state index in [4.69, 9.17) is 16.3 Å². The first-order chi connectivity index (χ1) is 7.17. The fourth-order valence-electron chi connectivity index (χ4n) is 2.19. The van der Waals surface area contributed by atoms with Crippen LogP contribution in [0.1, 0.15) is 30.5 Å². The van der Waals surface area contributed by atoms with Gasteiger partial charge in [-0.25, -0.2) is 0 Å². The number of fused-ring (bicyclic) bond motifs is 1. The zero-order chi connectivity index (χ0) is 11.0. The zero-order valence-electron chi connectivity index (χ0n) is 9.30. The molecule has 2 rings (SSSR count). The van der Waals surface area contributed by atoms with Gasteiger partial charge in [-0.15, -0.1) is 0 Å². The van der Waals surface area contributed by atoms with E-state index in [-0.39, 0.29) is 12.1 Å². The highest BCUT2D eigenvalue weighted by Crippen LogP contribution is 2.43. The molecule has 2 nitrogen and oxygen atoms in total. The molecule has 0 aromatic heterocycles. The van der Waals surface area contributed by atoms with E-state index in [2.05, 4.69) is 25.2 Å². The van der Waals surface area contributed by atoms with Crippen LogP contribution in [0.15, 0.2) is 12.1 Å². The highest BCUT2D eigenvalue weighted by Gasteiger charge is 2.33.